The summed E-state index contributed by atoms with van der Waals surface area (Å²) in [5, 5.41) is 5.13. The van der Waals surface area contributed by atoms with Gasteiger partial charge in [0.25, 0.3) is 5.91 Å². The summed E-state index contributed by atoms with van der Waals surface area (Å²) in [5.74, 6) is 0.0140. The van der Waals surface area contributed by atoms with Crippen molar-refractivity contribution in [3.8, 4) is 0 Å². The first-order valence-electron chi connectivity index (χ1n) is 7.68. The Balaban J connectivity index is 1.77. The molecule has 2 aromatic rings. The van der Waals surface area contributed by atoms with Crippen LogP contribution in [0.4, 0.5) is 0 Å². The van der Waals surface area contributed by atoms with E-state index >= 15 is 0 Å². The standard InChI is InChI=1S/C18H21NO2S/c1-12-5-7-14(8-6-12)16-15(4-3-10-21-16)19-18(20)17-13(2)9-11-22-17/h5-9,11,15-16H,3-4,10H2,1-2H3,(H,19,20)/t15-,16+/m1/s1. The summed E-state index contributed by atoms with van der Waals surface area (Å²) < 4.78 is 5.95. The fourth-order valence-electron chi connectivity index (χ4n) is 2.85. The highest BCUT2D eigenvalue weighted by molar-refractivity contribution is 7.12. The molecule has 3 rings (SSSR count). The van der Waals surface area contributed by atoms with Crippen LogP contribution in [0.25, 0.3) is 0 Å². The van der Waals surface area contributed by atoms with E-state index in [-0.39, 0.29) is 18.1 Å². The van der Waals surface area contributed by atoms with Crippen molar-refractivity contribution >= 4 is 17.2 Å². The molecule has 116 valence electrons. The molecule has 0 unspecified atom stereocenters. The van der Waals surface area contributed by atoms with E-state index in [1.54, 1.807) is 0 Å². The number of thiophene rings is 1. The van der Waals surface area contributed by atoms with E-state index in [1.165, 1.54) is 16.9 Å². The molecule has 0 saturated carbocycles. The highest BCUT2D eigenvalue weighted by Gasteiger charge is 2.29. The Hall–Kier alpha value is -1.65. The lowest BCUT2D eigenvalue weighted by molar-refractivity contribution is -0.00942. The molecule has 4 heteroatoms. The number of carbonyl (C=O) groups is 1. The van der Waals surface area contributed by atoms with Crippen LogP contribution in [0, 0.1) is 13.8 Å². The summed E-state index contributed by atoms with van der Waals surface area (Å²) in [7, 11) is 0. The minimum absolute atomic E-state index is 0.0140. The molecule has 1 aliphatic rings. The van der Waals surface area contributed by atoms with E-state index < -0.39 is 0 Å². The van der Waals surface area contributed by atoms with Crippen molar-refractivity contribution in [1.29, 1.82) is 0 Å². The van der Waals surface area contributed by atoms with E-state index in [0.29, 0.717) is 0 Å². The lowest BCUT2D eigenvalue weighted by Crippen LogP contribution is -2.42. The quantitative estimate of drug-likeness (QED) is 0.929. The van der Waals surface area contributed by atoms with Gasteiger partial charge in [-0.05, 0) is 49.3 Å². The van der Waals surface area contributed by atoms with Gasteiger partial charge in [-0.25, -0.2) is 0 Å². The predicted octanol–water partition coefficient (Wildman–Crippen LogP) is 4.02. The van der Waals surface area contributed by atoms with Gasteiger partial charge in [0.15, 0.2) is 0 Å². The molecule has 22 heavy (non-hydrogen) atoms. The van der Waals surface area contributed by atoms with Crippen molar-refractivity contribution in [2.24, 2.45) is 0 Å². The molecule has 1 amide bonds. The second-order valence-corrected chi connectivity index (χ2v) is 6.77. The van der Waals surface area contributed by atoms with E-state index in [2.05, 4.69) is 36.5 Å². The summed E-state index contributed by atoms with van der Waals surface area (Å²) in [6.45, 7) is 4.80. The van der Waals surface area contributed by atoms with Crippen molar-refractivity contribution in [2.75, 3.05) is 6.61 Å². The Morgan fingerprint density at radius 2 is 2.00 bits per heavy atom. The molecular weight excluding hydrogens is 294 g/mol. The Morgan fingerprint density at radius 1 is 1.23 bits per heavy atom. The molecule has 1 aromatic carbocycles. The summed E-state index contributed by atoms with van der Waals surface area (Å²) in [4.78, 5) is 13.3. The molecule has 2 atom stereocenters. The van der Waals surface area contributed by atoms with E-state index in [4.69, 9.17) is 4.74 Å². The van der Waals surface area contributed by atoms with E-state index in [1.807, 2.05) is 18.4 Å². The lowest BCUT2D eigenvalue weighted by Gasteiger charge is -2.32. The SMILES string of the molecule is Cc1ccc([C@@H]2OCCC[C@H]2NC(=O)c2sccc2C)cc1. The third kappa shape index (κ3) is 3.23. The number of amides is 1. The minimum atomic E-state index is -0.0569. The summed E-state index contributed by atoms with van der Waals surface area (Å²) in [6.07, 6.45) is 1.88. The van der Waals surface area contributed by atoms with Crippen molar-refractivity contribution in [3.05, 3.63) is 57.3 Å². The fraction of sp³-hybridized carbons (Fsp3) is 0.389. The number of carbonyl (C=O) groups excluding carboxylic acids is 1. The Bertz CT molecular complexity index is 647. The van der Waals surface area contributed by atoms with Crippen LogP contribution in [0.15, 0.2) is 35.7 Å². The molecule has 1 N–H and O–H groups in total. The number of benzene rings is 1. The molecule has 1 saturated heterocycles. The zero-order valence-corrected chi connectivity index (χ0v) is 13.8. The smallest absolute Gasteiger partial charge is 0.261 e. The summed E-state index contributed by atoms with van der Waals surface area (Å²) in [6, 6.07) is 10.4. The van der Waals surface area contributed by atoms with Crippen LogP contribution < -0.4 is 5.32 Å². The van der Waals surface area contributed by atoms with Gasteiger partial charge in [0.1, 0.15) is 6.10 Å². The van der Waals surface area contributed by atoms with Crippen LogP contribution in [0.3, 0.4) is 0 Å². The maximum Gasteiger partial charge on any atom is 0.261 e. The van der Waals surface area contributed by atoms with Crippen molar-refractivity contribution in [3.63, 3.8) is 0 Å². The first-order chi connectivity index (χ1) is 10.6. The van der Waals surface area contributed by atoms with Crippen LogP contribution >= 0.6 is 11.3 Å². The highest BCUT2D eigenvalue weighted by atomic mass is 32.1. The highest BCUT2D eigenvalue weighted by Crippen LogP contribution is 2.29. The van der Waals surface area contributed by atoms with Gasteiger partial charge < -0.3 is 10.1 Å². The molecule has 0 aliphatic carbocycles. The predicted molar refractivity (Wildman–Crippen MR) is 89.4 cm³/mol. The van der Waals surface area contributed by atoms with Gasteiger partial charge in [-0.3, -0.25) is 4.79 Å². The number of aryl methyl sites for hydroxylation is 2. The first kappa shape index (κ1) is 15.3. The van der Waals surface area contributed by atoms with Crippen LogP contribution in [-0.4, -0.2) is 18.6 Å². The summed E-state index contributed by atoms with van der Waals surface area (Å²) >= 11 is 1.49. The number of ether oxygens (including phenoxy) is 1. The first-order valence-corrected chi connectivity index (χ1v) is 8.56. The molecule has 3 nitrogen and oxygen atoms in total. The van der Waals surface area contributed by atoms with Gasteiger partial charge in [0.2, 0.25) is 0 Å². The number of hydrogen-bond acceptors (Lipinski definition) is 3. The van der Waals surface area contributed by atoms with Gasteiger partial charge in [0.05, 0.1) is 10.9 Å². The average molecular weight is 315 g/mol. The molecule has 0 spiro atoms. The summed E-state index contributed by atoms with van der Waals surface area (Å²) in [5.41, 5.74) is 3.40. The molecule has 1 aromatic heterocycles. The second-order valence-electron chi connectivity index (χ2n) is 5.86. The van der Waals surface area contributed by atoms with Crippen LogP contribution in [0.5, 0.6) is 0 Å². The maximum absolute atomic E-state index is 12.5. The van der Waals surface area contributed by atoms with Gasteiger partial charge in [0, 0.05) is 6.61 Å². The van der Waals surface area contributed by atoms with Gasteiger partial charge in [-0.2, -0.15) is 0 Å². The van der Waals surface area contributed by atoms with Gasteiger partial charge in [-0.15, -0.1) is 11.3 Å². The molecule has 0 radical (unpaired) electrons. The third-order valence-electron chi connectivity index (χ3n) is 4.11. The Labute approximate surface area is 135 Å². The number of hydrogen-bond donors (Lipinski definition) is 1. The molecule has 1 aliphatic heterocycles. The molecule has 0 bridgehead atoms. The molecular formula is C18H21NO2S. The maximum atomic E-state index is 12.5. The largest absolute Gasteiger partial charge is 0.371 e. The Kier molecular flexibility index (Phi) is 4.60. The zero-order chi connectivity index (χ0) is 15.5. The monoisotopic (exact) mass is 315 g/mol. The second kappa shape index (κ2) is 6.63. The molecule has 1 fully saturated rings. The average Bonchev–Trinajstić information content (AvgIpc) is 2.95. The van der Waals surface area contributed by atoms with E-state index in [9.17, 15) is 4.79 Å². The zero-order valence-electron chi connectivity index (χ0n) is 13.0. The van der Waals surface area contributed by atoms with Gasteiger partial charge >= 0.3 is 0 Å². The topological polar surface area (TPSA) is 38.3 Å². The Morgan fingerprint density at radius 3 is 2.68 bits per heavy atom. The molecule has 2 heterocycles. The van der Waals surface area contributed by atoms with Crippen LogP contribution in [0.2, 0.25) is 0 Å². The van der Waals surface area contributed by atoms with Crippen molar-refractivity contribution in [2.45, 2.75) is 38.8 Å². The fourth-order valence-corrected chi connectivity index (χ4v) is 3.68. The number of nitrogens with one attached hydrogen (secondary N) is 1. The number of rotatable bonds is 3. The van der Waals surface area contributed by atoms with E-state index in [0.717, 1.165) is 35.5 Å². The lowest BCUT2D eigenvalue weighted by atomic mass is 9.95. The minimum Gasteiger partial charge on any atom is -0.371 e. The van der Waals surface area contributed by atoms with Crippen LogP contribution in [-0.2, 0) is 4.74 Å². The van der Waals surface area contributed by atoms with Crippen LogP contribution in [0.1, 0.15) is 45.3 Å². The van der Waals surface area contributed by atoms with Crippen molar-refractivity contribution < 1.29 is 9.53 Å². The van der Waals surface area contributed by atoms with Gasteiger partial charge in [-0.1, -0.05) is 29.8 Å². The normalized spacial score (nSPS) is 21.5. The third-order valence-corrected chi connectivity index (χ3v) is 5.13. The van der Waals surface area contributed by atoms with Crippen molar-refractivity contribution in [1.82, 2.24) is 5.32 Å².